The minimum atomic E-state index is 0.201. The third-order valence-corrected chi connectivity index (χ3v) is 2.54. The van der Waals surface area contributed by atoms with Crippen molar-refractivity contribution in [3.05, 3.63) is 36.4 Å². The predicted octanol–water partition coefficient (Wildman–Crippen LogP) is 2.02. The summed E-state index contributed by atoms with van der Waals surface area (Å²) in [6.45, 7) is 4.67. The normalized spacial score (nSPS) is 12.4. The highest BCUT2D eigenvalue weighted by molar-refractivity contribution is 5.42. The van der Waals surface area contributed by atoms with Gasteiger partial charge in [0.05, 0.1) is 24.2 Å². The fraction of sp³-hybridized carbons (Fsp3) is 0.385. The molecule has 0 spiro atoms. The number of methoxy groups -OCH3 is 1. The van der Waals surface area contributed by atoms with Crippen LogP contribution in [0, 0.1) is 6.92 Å². The Morgan fingerprint density at radius 3 is 3.00 bits per heavy atom. The van der Waals surface area contributed by atoms with Crippen molar-refractivity contribution in [2.24, 2.45) is 0 Å². The molecule has 0 aliphatic heterocycles. The van der Waals surface area contributed by atoms with Gasteiger partial charge in [-0.3, -0.25) is 9.55 Å². The molecule has 0 radical (unpaired) electrons. The largest absolute Gasteiger partial charge is 0.383 e. The van der Waals surface area contributed by atoms with E-state index in [1.807, 2.05) is 36.0 Å². The molecule has 5 nitrogen and oxygen atoms in total. The van der Waals surface area contributed by atoms with Gasteiger partial charge in [0, 0.05) is 25.5 Å². The number of rotatable bonds is 5. The summed E-state index contributed by atoms with van der Waals surface area (Å²) in [5, 5.41) is 3.33. The van der Waals surface area contributed by atoms with Crippen LogP contribution in [0.1, 0.15) is 12.6 Å². The van der Waals surface area contributed by atoms with Gasteiger partial charge < -0.3 is 10.1 Å². The number of pyridine rings is 1. The fourth-order valence-corrected chi connectivity index (χ4v) is 1.80. The minimum Gasteiger partial charge on any atom is -0.383 e. The van der Waals surface area contributed by atoms with Gasteiger partial charge in [-0.1, -0.05) is 0 Å². The van der Waals surface area contributed by atoms with E-state index in [9.17, 15) is 0 Å². The van der Waals surface area contributed by atoms with Crippen molar-refractivity contribution in [3.63, 3.8) is 0 Å². The van der Waals surface area contributed by atoms with E-state index in [0.717, 1.165) is 17.3 Å². The highest BCUT2D eigenvalue weighted by Gasteiger charge is 2.10. The minimum absolute atomic E-state index is 0.201. The van der Waals surface area contributed by atoms with Gasteiger partial charge in [-0.15, -0.1) is 0 Å². The quantitative estimate of drug-likeness (QED) is 0.877. The van der Waals surface area contributed by atoms with Gasteiger partial charge in [0.15, 0.2) is 0 Å². The van der Waals surface area contributed by atoms with E-state index in [4.69, 9.17) is 4.74 Å². The number of nitrogens with zero attached hydrogens (tertiary/aromatic N) is 3. The van der Waals surface area contributed by atoms with Gasteiger partial charge in [-0.05, 0) is 26.0 Å². The Bertz CT molecular complexity index is 495. The molecule has 0 aliphatic carbocycles. The zero-order chi connectivity index (χ0) is 13.0. The van der Waals surface area contributed by atoms with Crippen LogP contribution >= 0.6 is 0 Å². The molecule has 1 N–H and O–H groups in total. The fourth-order valence-electron chi connectivity index (χ4n) is 1.80. The first-order chi connectivity index (χ1) is 8.70. The van der Waals surface area contributed by atoms with Crippen LogP contribution in [0.25, 0.3) is 5.69 Å². The van der Waals surface area contributed by atoms with Crippen LogP contribution in [0.5, 0.6) is 0 Å². The number of aromatic nitrogens is 3. The molecule has 0 saturated heterocycles. The molecule has 5 heteroatoms. The SMILES string of the molecule is COCC(C)Nc1nc(C)cn1-c1cccnc1. The number of ether oxygens (including phenoxy) is 1. The Labute approximate surface area is 107 Å². The van der Waals surface area contributed by atoms with Gasteiger partial charge in [0.2, 0.25) is 5.95 Å². The van der Waals surface area contributed by atoms with Crippen molar-refractivity contribution in [2.75, 3.05) is 19.0 Å². The molecule has 2 heterocycles. The van der Waals surface area contributed by atoms with Crippen LogP contribution in [-0.2, 0) is 4.74 Å². The number of imidazole rings is 1. The van der Waals surface area contributed by atoms with E-state index >= 15 is 0 Å². The summed E-state index contributed by atoms with van der Waals surface area (Å²) < 4.78 is 7.11. The number of anilines is 1. The van der Waals surface area contributed by atoms with Crippen molar-refractivity contribution in [3.8, 4) is 5.69 Å². The summed E-state index contributed by atoms with van der Waals surface area (Å²) in [6.07, 6.45) is 5.56. The summed E-state index contributed by atoms with van der Waals surface area (Å²) in [7, 11) is 1.69. The maximum absolute atomic E-state index is 5.12. The molecule has 1 atom stereocenters. The van der Waals surface area contributed by atoms with Crippen molar-refractivity contribution in [1.29, 1.82) is 0 Å². The van der Waals surface area contributed by atoms with Crippen molar-refractivity contribution in [2.45, 2.75) is 19.9 Å². The summed E-state index contributed by atoms with van der Waals surface area (Å²) in [5.74, 6) is 0.810. The molecule has 2 aromatic heterocycles. The second-order valence-electron chi connectivity index (χ2n) is 4.29. The number of hydrogen-bond donors (Lipinski definition) is 1. The Balaban J connectivity index is 2.26. The van der Waals surface area contributed by atoms with E-state index in [0.29, 0.717) is 6.61 Å². The lowest BCUT2D eigenvalue weighted by atomic mass is 10.4. The first-order valence-corrected chi connectivity index (χ1v) is 5.92. The lowest BCUT2D eigenvalue weighted by Gasteiger charge is -2.14. The van der Waals surface area contributed by atoms with E-state index in [1.54, 1.807) is 13.3 Å². The summed E-state index contributed by atoms with van der Waals surface area (Å²) in [6, 6.07) is 4.11. The molecule has 0 aliphatic rings. The highest BCUT2D eigenvalue weighted by atomic mass is 16.5. The number of aryl methyl sites for hydroxylation is 1. The molecular formula is C13H18N4O. The third-order valence-electron chi connectivity index (χ3n) is 2.54. The predicted molar refractivity (Wildman–Crippen MR) is 71.1 cm³/mol. The molecule has 1 unspecified atom stereocenters. The van der Waals surface area contributed by atoms with Crippen molar-refractivity contribution >= 4 is 5.95 Å². The summed E-state index contributed by atoms with van der Waals surface area (Å²) >= 11 is 0. The smallest absolute Gasteiger partial charge is 0.208 e. The molecule has 18 heavy (non-hydrogen) atoms. The van der Waals surface area contributed by atoms with Crippen LogP contribution < -0.4 is 5.32 Å². The average Bonchev–Trinajstić information content (AvgIpc) is 2.71. The van der Waals surface area contributed by atoms with Gasteiger partial charge in [0.1, 0.15) is 0 Å². The van der Waals surface area contributed by atoms with Crippen LogP contribution in [0.4, 0.5) is 5.95 Å². The molecule has 96 valence electrons. The Kier molecular flexibility index (Phi) is 3.94. The van der Waals surface area contributed by atoms with Crippen LogP contribution in [0.3, 0.4) is 0 Å². The molecule has 0 aromatic carbocycles. The Hall–Kier alpha value is -1.88. The van der Waals surface area contributed by atoms with Gasteiger partial charge in [-0.2, -0.15) is 0 Å². The maximum atomic E-state index is 5.12. The third kappa shape index (κ3) is 2.87. The molecular weight excluding hydrogens is 228 g/mol. The zero-order valence-corrected chi connectivity index (χ0v) is 10.9. The maximum Gasteiger partial charge on any atom is 0.208 e. The topological polar surface area (TPSA) is 52.0 Å². The van der Waals surface area contributed by atoms with Crippen molar-refractivity contribution in [1.82, 2.24) is 14.5 Å². The summed E-state index contributed by atoms with van der Waals surface area (Å²) in [4.78, 5) is 8.60. The number of hydrogen-bond acceptors (Lipinski definition) is 4. The first kappa shape index (κ1) is 12.6. The zero-order valence-electron chi connectivity index (χ0n) is 10.9. The first-order valence-electron chi connectivity index (χ1n) is 5.92. The second-order valence-corrected chi connectivity index (χ2v) is 4.29. The molecule has 0 fully saturated rings. The second kappa shape index (κ2) is 5.64. The molecule has 0 saturated carbocycles. The molecule has 0 amide bonds. The number of nitrogens with one attached hydrogen (secondary N) is 1. The molecule has 2 rings (SSSR count). The van der Waals surface area contributed by atoms with Crippen LogP contribution in [0.15, 0.2) is 30.7 Å². The van der Waals surface area contributed by atoms with Gasteiger partial charge in [0.25, 0.3) is 0 Å². The molecule has 0 bridgehead atoms. The van der Waals surface area contributed by atoms with Crippen molar-refractivity contribution < 1.29 is 4.74 Å². The summed E-state index contributed by atoms with van der Waals surface area (Å²) in [5.41, 5.74) is 1.95. The van der Waals surface area contributed by atoms with Gasteiger partial charge in [-0.25, -0.2) is 4.98 Å². The Morgan fingerprint density at radius 1 is 1.50 bits per heavy atom. The van der Waals surface area contributed by atoms with E-state index in [1.165, 1.54) is 0 Å². The lowest BCUT2D eigenvalue weighted by molar-refractivity contribution is 0.190. The van der Waals surface area contributed by atoms with Crippen LogP contribution in [0.2, 0.25) is 0 Å². The van der Waals surface area contributed by atoms with E-state index < -0.39 is 0 Å². The highest BCUT2D eigenvalue weighted by Crippen LogP contribution is 2.16. The van der Waals surface area contributed by atoms with E-state index in [-0.39, 0.29) is 6.04 Å². The Morgan fingerprint density at radius 2 is 2.33 bits per heavy atom. The van der Waals surface area contributed by atoms with E-state index in [2.05, 4.69) is 22.2 Å². The monoisotopic (exact) mass is 246 g/mol. The van der Waals surface area contributed by atoms with Gasteiger partial charge >= 0.3 is 0 Å². The van der Waals surface area contributed by atoms with Crippen LogP contribution in [-0.4, -0.2) is 34.3 Å². The lowest BCUT2D eigenvalue weighted by Crippen LogP contribution is -2.22. The molecule has 2 aromatic rings. The average molecular weight is 246 g/mol. The standard InChI is InChI=1S/C13H18N4O/c1-10-8-17(12-5-4-6-14-7-12)13(15-10)16-11(2)9-18-3/h4-8,11H,9H2,1-3H3,(H,15,16).